The number of hydrogen-bond acceptors (Lipinski definition) is 4. The summed E-state index contributed by atoms with van der Waals surface area (Å²) in [4.78, 5) is 24.4. The Morgan fingerprint density at radius 1 is 1.40 bits per heavy atom. The van der Waals surface area contributed by atoms with Crippen LogP contribution in [0.25, 0.3) is 0 Å². The Morgan fingerprint density at radius 3 is 2.55 bits per heavy atom. The molecule has 0 aromatic heterocycles. The number of esters is 1. The van der Waals surface area contributed by atoms with Gasteiger partial charge in [-0.25, -0.2) is 4.79 Å². The van der Waals surface area contributed by atoms with E-state index in [2.05, 4.69) is 17.6 Å². The molecule has 0 spiro atoms. The van der Waals surface area contributed by atoms with Crippen LogP contribution in [0.15, 0.2) is 0 Å². The van der Waals surface area contributed by atoms with Gasteiger partial charge in [0.25, 0.3) is 0 Å². The largest absolute Gasteiger partial charge is 0.467 e. The topological polar surface area (TPSA) is 67.4 Å². The van der Waals surface area contributed by atoms with Gasteiger partial charge in [-0.15, -0.1) is 0 Å². The van der Waals surface area contributed by atoms with E-state index in [0.29, 0.717) is 12.3 Å². The number of carbonyl (C=O) groups is 2. The monoisotopic (exact) mass is 284 g/mol. The predicted molar refractivity (Wildman–Crippen MR) is 78.3 cm³/mol. The van der Waals surface area contributed by atoms with Gasteiger partial charge < -0.3 is 15.4 Å². The summed E-state index contributed by atoms with van der Waals surface area (Å²) in [6.07, 6.45) is 4.17. The van der Waals surface area contributed by atoms with Crippen LogP contribution in [0.2, 0.25) is 0 Å². The SMILES string of the molecule is CCCC1(C(=O)N[C@@H](CC(C)C)C(=O)OC)CCCN1. The molecule has 20 heavy (non-hydrogen) atoms. The Kier molecular flexibility index (Phi) is 6.46. The lowest BCUT2D eigenvalue weighted by Gasteiger charge is -2.30. The third-order valence-corrected chi connectivity index (χ3v) is 3.85. The average Bonchev–Trinajstić information content (AvgIpc) is 2.86. The highest BCUT2D eigenvalue weighted by molar-refractivity contribution is 5.90. The van der Waals surface area contributed by atoms with E-state index in [-0.39, 0.29) is 11.9 Å². The van der Waals surface area contributed by atoms with Crippen molar-refractivity contribution >= 4 is 11.9 Å². The van der Waals surface area contributed by atoms with Crippen LogP contribution in [-0.4, -0.2) is 37.1 Å². The van der Waals surface area contributed by atoms with Crippen LogP contribution >= 0.6 is 0 Å². The van der Waals surface area contributed by atoms with Crippen LogP contribution in [0.4, 0.5) is 0 Å². The Balaban J connectivity index is 2.75. The molecule has 0 radical (unpaired) electrons. The van der Waals surface area contributed by atoms with E-state index in [1.54, 1.807) is 0 Å². The zero-order chi connectivity index (χ0) is 15.2. The molecule has 1 rings (SSSR count). The van der Waals surface area contributed by atoms with Crippen molar-refractivity contribution in [2.24, 2.45) is 5.92 Å². The fourth-order valence-corrected chi connectivity index (χ4v) is 2.88. The Bertz CT molecular complexity index is 336. The van der Waals surface area contributed by atoms with Crippen molar-refractivity contribution in [1.29, 1.82) is 0 Å². The molecule has 5 nitrogen and oxygen atoms in total. The summed E-state index contributed by atoms with van der Waals surface area (Å²) in [6.45, 7) is 6.98. The molecule has 1 fully saturated rings. The van der Waals surface area contributed by atoms with Gasteiger partial charge in [0.2, 0.25) is 5.91 Å². The van der Waals surface area contributed by atoms with E-state index >= 15 is 0 Å². The fourth-order valence-electron chi connectivity index (χ4n) is 2.88. The molecule has 1 amide bonds. The van der Waals surface area contributed by atoms with Gasteiger partial charge >= 0.3 is 5.97 Å². The third kappa shape index (κ3) is 4.20. The van der Waals surface area contributed by atoms with Crippen LogP contribution < -0.4 is 10.6 Å². The van der Waals surface area contributed by atoms with Gasteiger partial charge in [-0.05, 0) is 38.1 Å². The molecular formula is C15H28N2O3. The molecule has 1 aliphatic heterocycles. The number of rotatable bonds is 7. The predicted octanol–water partition coefficient (Wildman–Crippen LogP) is 1.61. The van der Waals surface area contributed by atoms with Gasteiger partial charge in [0.15, 0.2) is 0 Å². The Hall–Kier alpha value is -1.10. The van der Waals surface area contributed by atoms with Crippen molar-refractivity contribution in [1.82, 2.24) is 10.6 Å². The maximum Gasteiger partial charge on any atom is 0.328 e. The number of methoxy groups -OCH3 is 1. The molecule has 0 saturated carbocycles. The van der Waals surface area contributed by atoms with Crippen molar-refractivity contribution in [2.75, 3.05) is 13.7 Å². The van der Waals surface area contributed by atoms with Gasteiger partial charge in [-0.3, -0.25) is 4.79 Å². The van der Waals surface area contributed by atoms with E-state index in [4.69, 9.17) is 4.74 Å². The average molecular weight is 284 g/mol. The Morgan fingerprint density at radius 2 is 2.10 bits per heavy atom. The molecule has 1 heterocycles. The van der Waals surface area contributed by atoms with Crippen molar-refractivity contribution < 1.29 is 14.3 Å². The Labute approximate surface area is 121 Å². The fraction of sp³-hybridized carbons (Fsp3) is 0.867. The molecule has 1 unspecified atom stereocenters. The molecule has 2 N–H and O–H groups in total. The van der Waals surface area contributed by atoms with Crippen molar-refractivity contribution in [3.8, 4) is 0 Å². The van der Waals surface area contributed by atoms with Crippen LogP contribution in [-0.2, 0) is 14.3 Å². The van der Waals surface area contributed by atoms with Crippen LogP contribution in [0.5, 0.6) is 0 Å². The lowest BCUT2D eigenvalue weighted by atomic mass is 9.90. The molecule has 2 atom stereocenters. The highest BCUT2D eigenvalue weighted by Gasteiger charge is 2.41. The van der Waals surface area contributed by atoms with Crippen LogP contribution in [0, 0.1) is 5.92 Å². The van der Waals surface area contributed by atoms with Crippen LogP contribution in [0.1, 0.15) is 52.9 Å². The first-order valence-corrected chi connectivity index (χ1v) is 7.59. The molecule has 116 valence electrons. The molecule has 1 saturated heterocycles. The minimum Gasteiger partial charge on any atom is -0.467 e. The number of ether oxygens (including phenoxy) is 1. The molecule has 1 aliphatic rings. The first-order valence-electron chi connectivity index (χ1n) is 7.59. The second-order valence-electron chi connectivity index (χ2n) is 6.04. The van der Waals surface area contributed by atoms with Gasteiger partial charge in [-0.2, -0.15) is 0 Å². The maximum absolute atomic E-state index is 12.6. The second kappa shape index (κ2) is 7.62. The molecular weight excluding hydrogens is 256 g/mol. The van der Waals surface area contributed by atoms with E-state index in [1.165, 1.54) is 7.11 Å². The van der Waals surface area contributed by atoms with E-state index in [1.807, 2.05) is 13.8 Å². The molecule has 0 bridgehead atoms. The van der Waals surface area contributed by atoms with Crippen LogP contribution in [0.3, 0.4) is 0 Å². The highest BCUT2D eigenvalue weighted by Crippen LogP contribution is 2.25. The molecule has 5 heteroatoms. The zero-order valence-corrected chi connectivity index (χ0v) is 13.1. The minimum absolute atomic E-state index is 0.0621. The number of carbonyl (C=O) groups excluding carboxylic acids is 2. The molecule has 0 aromatic rings. The zero-order valence-electron chi connectivity index (χ0n) is 13.1. The number of nitrogens with one attached hydrogen (secondary N) is 2. The standard InChI is InChI=1S/C15H28N2O3/c1-5-7-15(8-6-9-16-15)14(19)17-12(10-11(2)3)13(18)20-4/h11-12,16H,5-10H2,1-4H3,(H,17,19)/t12-,15?/m0/s1. The summed E-state index contributed by atoms with van der Waals surface area (Å²) in [6, 6.07) is -0.552. The first kappa shape index (κ1) is 17.0. The smallest absolute Gasteiger partial charge is 0.328 e. The maximum atomic E-state index is 12.6. The van der Waals surface area contributed by atoms with E-state index < -0.39 is 11.6 Å². The van der Waals surface area contributed by atoms with E-state index in [0.717, 1.165) is 32.2 Å². The van der Waals surface area contributed by atoms with Gasteiger partial charge in [0, 0.05) is 0 Å². The summed E-state index contributed by atoms with van der Waals surface area (Å²) in [5.74, 6) is -0.109. The third-order valence-electron chi connectivity index (χ3n) is 3.85. The van der Waals surface area contributed by atoms with E-state index in [9.17, 15) is 9.59 Å². The summed E-state index contributed by atoms with van der Waals surface area (Å²) in [5.41, 5.74) is -0.502. The summed E-state index contributed by atoms with van der Waals surface area (Å²) < 4.78 is 4.80. The summed E-state index contributed by atoms with van der Waals surface area (Å²) in [5, 5.41) is 6.21. The molecule has 0 aliphatic carbocycles. The quantitative estimate of drug-likeness (QED) is 0.697. The lowest BCUT2D eigenvalue weighted by molar-refractivity contribution is -0.146. The highest BCUT2D eigenvalue weighted by atomic mass is 16.5. The van der Waals surface area contributed by atoms with Crippen molar-refractivity contribution in [3.05, 3.63) is 0 Å². The summed E-state index contributed by atoms with van der Waals surface area (Å²) in [7, 11) is 1.36. The van der Waals surface area contributed by atoms with Crippen molar-refractivity contribution in [3.63, 3.8) is 0 Å². The first-order chi connectivity index (χ1) is 9.45. The normalized spacial score (nSPS) is 23.6. The second-order valence-corrected chi connectivity index (χ2v) is 6.04. The van der Waals surface area contributed by atoms with Gasteiger partial charge in [0.1, 0.15) is 6.04 Å². The summed E-state index contributed by atoms with van der Waals surface area (Å²) >= 11 is 0. The number of hydrogen-bond donors (Lipinski definition) is 2. The van der Waals surface area contributed by atoms with Gasteiger partial charge in [-0.1, -0.05) is 27.2 Å². The molecule has 0 aromatic carbocycles. The van der Waals surface area contributed by atoms with Crippen molar-refractivity contribution in [2.45, 2.75) is 64.5 Å². The van der Waals surface area contributed by atoms with Gasteiger partial charge in [0.05, 0.1) is 12.6 Å². The lowest BCUT2D eigenvalue weighted by Crippen LogP contribution is -2.57. The number of amides is 1. The minimum atomic E-state index is -0.552.